The molecule has 10 nitrogen and oxygen atoms in total. The summed E-state index contributed by atoms with van der Waals surface area (Å²) in [6.07, 6.45) is 4.77. The number of nitrogen functional groups attached to an aromatic ring is 1. The lowest BCUT2D eigenvalue weighted by Crippen LogP contribution is -2.31. The van der Waals surface area contributed by atoms with Gasteiger partial charge in [-0.2, -0.15) is 0 Å². The standard InChI is InChI=1S/C34H37N5O5S/c35-28-9-1-2-10-29(28)39-32(42)12-4-3-11-31(41)38-26-8-5-7-25(19-26)33-43-27(22-45-34-36-17-6-18-37-34)20-30(44-33)24-15-13-23(21-40)14-16-24/h1-2,5-10,13-19,27,30,33,40H,3-4,11-12,20-22,35H2,(H,38,41)(H,39,42)/t27-,30+,33+/m0/s1. The SMILES string of the molecule is Nc1ccccc1NC(=O)CCCCC(=O)Nc1cccc([C@@H]2O[C@H](CSc3ncccn3)C[C@H](c3ccc(CO)cc3)O2)c1. The van der Waals surface area contributed by atoms with Crippen LogP contribution in [0.1, 0.15) is 61.2 Å². The zero-order valence-electron chi connectivity index (χ0n) is 24.8. The van der Waals surface area contributed by atoms with Gasteiger partial charge >= 0.3 is 0 Å². The quantitative estimate of drug-likeness (QED) is 0.0604. The van der Waals surface area contributed by atoms with Gasteiger partial charge in [-0.1, -0.05) is 60.3 Å². The third-order valence-electron chi connectivity index (χ3n) is 7.29. The molecule has 2 amide bonds. The van der Waals surface area contributed by atoms with Crippen molar-refractivity contribution in [3.05, 3.63) is 108 Å². The van der Waals surface area contributed by atoms with Gasteiger partial charge in [-0.05, 0) is 54.3 Å². The Balaban J connectivity index is 1.17. The van der Waals surface area contributed by atoms with E-state index in [4.69, 9.17) is 15.2 Å². The van der Waals surface area contributed by atoms with Crippen LogP contribution in [-0.2, 0) is 25.7 Å². The van der Waals surface area contributed by atoms with Gasteiger partial charge in [0.15, 0.2) is 11.4 Å². The fraction of sp³-hybridized carbons (Fsp3) is 0.294. The summed E-state index contributed by atoms with van der Waals surface area (Å²) in [5.41, 5.74) is 10.2. The van der Waals surface area contributed by atoms with E-state index in [1.165, 1.54) is 11.8 Å². The van der Waals surface area contributed by atoms with E-state index >= 15 is 0 Å². The number of hydrogen-bond donors (Lipinski definition) is 4. The van der Waals surface area contributed by atoms with Crippen LogP contribution in [0.2, 0.25) is 0 Å². The molecule has 1 aliphatic rings. The zero-order chi connectivity index (χ0) is 31.4. The number of aliphatic hydroxyl groups excluding tert-OH is 1. The molecule has 1 fully saturated rings. The molecule has 5 N–H and O–H groups in total. The number of anilines is 3. The highest BCUT2D eigenvalue weighted by Crippen LogP contribution is 2.39. The molecule has 1 aliphatic heterocycles. The van der Waals surface area contributed by atoms with Crippen molar-refractivity contribution in [2.75, 3.05) is 22.1 Å². The molecule has 234 valence electrons. The Hall–Kier alpha value is -4.29. The fourth-order valence-corrected chi connectivity index (χ4v) is 5.75. The highest BCUT2D eigenvalue weighted by molar-refractivity contribution is 7.99. The molecular weight excluding hydrogens is 590 g/mol. The number of carbonyl (C=O) groups excluding carboxylic acids is 2. The van der Waals surface area contributed by atoms with Crippen molar-refractivity contribution >= 4 is 40.6 Å². The predicted molar refractivity (Wildman–Crippen MR) is 174 cm³/mol. The van der Waals surface area contributed by atoms with Crippen LogP contribution in [0.4, 0.5) is 17.1 Å². The lowest BCUT2D eigenvalue weighted by atomic mass is 10.0. The minimum Gasteiger partial charge on any atom is -0.397 e. The molecule has 0 bridgehead atoms. The summed E-state index contributed by atoms with van der Waals surface area (Å²) in [6.45, 7) is -0.0223. The maximum atomic E-state index is 12.7. The van der Waals surface area contributed by atoms with Crippen LogP contribution in [-0.4, -0.2) is 38.7 Å². The van der Waals surface area contributed by atoms with Crippen molar-refractivity contribution in [1.82, 2.24) is 9.97 Å². The lowest BCUT2D eigenvalue weighted by molar-refractivity contribution is -0.245. The van der Waals surface area contributed by atoms with Gasteiger partial charge in [-0.3, -0.25) is 9.59 Å². The van der Waals surface area contributed by atoms with Crippen LogP contribution < -0.4 is 16.4 Å². The molecule has 5 rings (SSSR count). The van der Waals surface area contributed by atoms with E-state index in [2.05, 4.69) is 20.6 Å². The maximum absolute atomic E-state index is 12.7. The number of rotatable bonds is 13. The predicted octanol–water partition coefficient (Wildman–Crippen LogP) is 6.03. The number of aliphatic hydroxyl groups is 1. The normalized spacial score (nSPS) is 17.8. The summed E-state index contributed by atoms with van der Waals surface area (Å²) in [5, 5.41) is 15.9. The van der Waals surface area contributed by atoms with Gasteiger partial charge < -0.3 is 30.9 Å². The van der Waals surface area contributed by atoms with Crippen LogP contribution in [0.15, 0.2) is 96.4 Å². The van der Waals surface area contributed by atoms with Crippen LogP contribution in [0.25, 0.3) is 0 Å². The number of nitrogens with zero attached hydrogens (tertiary/aromatic N) is 2. The summed E-state index contributed by atoms with van der Waals surface area (Å²) in [6, 6.07) is 24.1. The molecule has 0 saturated carbocycles. The zero-order valence-corrected chi connectivity index (χ0v) is 25.6. The van der Waals surface area contributed by atoms with Crippen molar-refractivity contribution in [1.29, 1.82) is 0 Å². The average molecular weight is 628 g/mol. The number of thioether (sulfide) groups is 1. The van der Waals surface area contributed by atoms with Gasteiger partial charge in [0.05, 0.1) is 30.2 Å². The number of ether oxygens (including phenoxy) is 2. The van der Waals surface area contributed by atoms with Crippen LogP contribution in [0, 0.1) is 0 Å². The number of nitrogens with one attached hydrogen (secondary N) is 2. The molecule has 1 aromatic heterocycles. The minimum atomic E-state index is -0.655. The smallest absolute Gasteiger partial charge is 0.224 e. The summed E-state index contributed by atoms with van der Waals surface area (Å²) in [5.74, 6) is 0.371. The molecule has 0 aliphatic carbocycles. The number of carbonyl (C=O) groups is 2. The highest BCUT2D eigenvalue weighted by Gasteiger charge is 2.32. The van der Waals surface area contributed by atoms with Crippen molar-refractivity contribution in [2.24, 2.45) is 0 Å². The molecule has 0 spiro atoms. The van der Waals surface area contributed by atoms with Crippen molar-refractivity contribution in [2.45, 2.75) is 62.4 Å². The summed E-state index contributed by atoms with van der Waals surface area (Å²) in [4.78, 5) is 33.6. The Morgan fingerprint density at radius 1 is 0.867 bits per heavy atom. The minimum absolute atomic E-state index is 0.0223. The van der Waals surface area contributed by atoms with E-state index in [1.54, 1.807) is 30.6 Å². The fourth-order valence-electron chi connectivity index (χ4n) is 4.93. The second kappa shape index (κ2) is 16.1. The third-order valence-corrected chi connectivity index (χ3v) is 8.30. The molecule has 11 heteroatoms. The molecule has 0 radical (unpaired) electrons. The highest BCUT2D eigenvalue weighted by atomic mass is 32.2. The summed E-state index contributed by atoms with van der Waals surface area (Å²) in [7, 11) is 0. The van der Waals surface area contributed by atoms with Crippen LogP contribution in [0.5, 0.6) is 0 Å². The molecular formula is C34H37N5O5S. The first kappa shape index (κ1) is 32.1. The van der Waals surface area contributed by atoms with Crippen LogP contribution in [0.3, 0.4) is 0 Å². The first-order chi connectivity index (χ1) is 22.0. The second-order valence-electron chi connectivity index (χ2n) is 10.7. The van der Waals surface area contributed by atoms with Crippen molar-refractivity contribution in [3.8, 4) is 0 Å². The Morgan fingerprint density at radius 3 is 2.33 bits per heavy atom. The maximum Gasteiger partial charge on any atom is 0.224 e. The van der Waals surface area contributed by atoms with Crippen LogP contribution >= 0.6 is 11.8 Å². The first-order valence-electron chi connectivity index (χ1n) is 14.9. The Morgan fingerprint density at radius 2 is 1.60 bits per heavy atom. The number of nitrogens with two attached hydrogens (primary N) is 1. The molecule has 3 atom stereocenters. The number of unbranched alkanes of at least 4 members (excludes halogenated alkanes) is 1. The van der Waals surface area contributed by atoms with E-state index < -0.39 is 6.29 Å². The number of para-hydroxylation sites is 2. The van der Waals surface area contributed by atoms with E-state index in [1.807, 2.05) is 60.7 Å². The largest absolute Gasteiger partial charge is 0.397 e. The van der Waals surface area contributed by atoms with E-state index in [9.17, 15) is 14.7 Å². The Labute approximate surface area is 266 Å². The number of aromatic nitrogens is 2. The number of benzene rings is 3. The van der Waals surface area contributed by atoms with Gasteiger partial charge in [-0.15, -0.1) is 0 Å². The average Bonchev–Trinajstić information content (AvgIpc) is 3.07. The summed E-state index contributed by atoms with van der Waals surface area (Å²) < 4.78 is 12.8. The molecule has 4 aromatic rings. The van der Waals surface area contributed by atoms with E-state index in [0.717, 1.165) is 16.7 Å². The van der Waals surface area contributed by atoms with Gasteiger partial charge in [-0.25, -0.2) is 9.97 Å². The van der Waals surface area contributed by atoms with Crippen molar-refractivity contribution < 1.29 is 24.2 Å². The summed E-state index contributed by atoms with van der Waals surface area (Å²) >= 11 is 1.53. The molecule has 2 heterocycles. The second-order valence-corrected chi connectivity index (χ2v) is 11.7. The Bertz CT molecular complexity index is 1560. The first-order valence-corrected chi connectivity index (χ1v) is 15.9. The van der Waals surface area contributed by atoms with Gasteiger partial charge in [0.1, 0.15) is 0 Å². The monoisotopic (exact) mass is 627 g/mol. The molecule has 1 saturated heterocycles. The van der Waals surface area contributed by atoms with Crippen molar-refractivity contribution in [3.63, 3.8) is 0 Å². The number of amides is 2. The number of hydrogen-bond acceptors (Lipinski definition) is 9. The van der Waals surface area contributed by atoms with Gasteiger partial charge in [0.2, 0.25) is 11.8 Å². The van der Waals surface area contributed by atoms with E-state index in [-0.39, 0.29) is 37.0 Å². The van der Waals surface area contributed by atoms with Gasteiger partial charge in [0.25, 0.3) is 0 Å². The third kappa shape index (κ3) is 9.60. The molecule has 45 heavy (non-hydrogen) atoms. The topological polar surface area (TPSA) is 149 Å². The molecule has 3 aromatic carbocycles. The lowest BCUT2D eigenvalue weighted by Gasteiger charge is -2.36. The van der Waals surface area contributed by atoms with E-state index in [0.29, 0.717) is 53.7 Å². The Kier molecular flexibility index (Phi) is 11.5. The molecule has 0 unspecified atom stereocenters. The van der Waals surface area contributed by atoms with Gasteiger partial charge in [0, 0.05) is 48.7 Å².